The van der Waals surface area contributed by atoms with Gasteiger partial charge in [0.25, 0.3) is 10.0 Å². The Hall–Kier alpha value is -2.14. The van der Waals surface area contributed by atoms with E-state index in [9.17, 15) is 8.42 Å². The van der Waals surface area contributed by atoms with Crippen molar-refractivity contribution in [1.82, 2.24) is 4.83 Å². The van der Waals surface area contributed by atoms with Gasteiger partial charge in [-0.3, -0.25) is 0 Å². The molecule has 1 N–H and O–H groups in total. The van der Waals surface area contributed by atoms with Crippen LogP contribution < -0.4 is 4.83 Å². The second-order valence-electron chi connectivity index (χ2n) is 6.36. The van der Waals surface area contributed by atoms with Crippen molar-refractivity contribution in [3.05, 3.63) is 65.8 Å². The van der Waals surface area contributed by atoms with Crippen molar-refractivity contribution in [2.45, 2.75) is 11.8 Å². The van der Waals surface area contributed by atoms with Crippen LogP contribution in [0.4, 0.5) is 0 Å². The summed E-state index contributed by atoms with van der Waals surface area (Å²) in [6, 6.07) is 6.71. The maximum absolute atomic E-state index is 12.2. The number of hydrogen-bond donors (Lipinski definition) is 1. The zero-order valence-corrected chi connectivity index (χ0v) is 13.6. The third kappa shape index (κ3) is 2.65. The van der Waals surface area contributed by atoms with E-state index >= 15 is 0 Å². The third-order valence-electron chi connectivity index (χ3n) is 4.76. The van der Waals surface area contributed by atoms with Crippen LogP contribution in [0.5, 0.6) is 0 Å². The van der Waals surface area contributed by atoms with Crippen LogP contribution in [-0.4, -0.2) is 14.6 Å². The Balaban J connectivity index is 1.51. The Morgan fingerprint density at radius 3 is 2.30 bits per heavy atom. The van der Waals surface area contributed by atoms with Gasteiger partial charge in [-0.1, -0.05) is 48.1 Å². The van der Waals surface area contributed by atoms with Crippen LogP contribution >= 0.6 is 0 Å². The molecule has 4 aliphatic rings. The van der Waals surface area contributed by atoms with Gasteiger partial charge >= 0.3 is 0 Å². The minimum Gasteiger partial charge on any atom is -0.200 e. The first-order valence-electron chi connectivity index (χ1n) is 7.74. The summed E-state index contributed by atoms with van der Waals surface area (Å²) in [5.41, 5.74) is 2.07. The highest BCUT2D eigenvalue weighted by atomic mass is 32.2. The van der Waals surface area contributed by atoms with Crippen LogP contribution in [0.2, 0.25) is 0 Å². The molecule has 1 aromatic rings. The van der Waals surface area contributed by atoms with E-state index in [0.29, 0.717) is 17.8 Å². The Labute approximate surface area is 136 Å². The number of nitrogens with zero attached hydrogens (tertiary/aromatic N) is 1. The third-order valence-corrected chi connectivity index (χ3v) is 6.00. The molecule has 5 rings (SSSR count). The lowest BCUT2D eigenvalue weighted by atomic mass is 10.0. The number of hydrazone groups is 1. The molecule has 1 saturated carbocycles. The molecule has 4 bridgehead atoms. The predicted octanol–water partition coefficient (Wildman–Crippen LogP) is 2.80. The standard InChI is InChI=1S/C18H18N2O2S/c1-12-2-6-15(7-3-12)23(21,22)20-19-11-14-10-18-16-8-4-13(14)5-9-17(16)18/h2-11,13,16-18,20H,1H3. The smallest absolute Gasteiger partial charge is 0.200 e. The van der Waals surface area contributed by atoms with Crippen LogP contribution in [0.15, 0.2) is 70.2 Å². The molecule has 5 heteroatoms. The predicted molar refractivity (Wildman–Crippen MR) is 90.3 cm³/mol. The lowest BCUT2D eigenvalue weighted by Crippen LogP contribution is -2.18. The minimum absolute atomic E-state index is 0.197. The summed E-state index contributed by atoms with van der Waals surface area (Å²) in [5, 5.41) is 3.98. The van der Waals surface area contributed by atoms with Crippen LogP contribution in [0.1, 0.15) is 5.56 Å². The topological polar surface area (TPSA) is 58.5 Å². The van der Waals surface area contributed by atoms with E-state index in [1.165, 1.54) is 0 Å². The number of hydrogen-bond acceptors (Lipinski definition) is 3. The summed E-state index contributed by atoms with van der Waals surface area (Å²) in [5.74, 6) is 1.98. The SMILES string of the molecule is Cc1ccc(S(=O)(=O)NN=CC2=CC3C4C=CC2C=CC43)cc1. The lowest BCUT2D eigenvalue weighted by Gasteiger charge is -2.07. The first-order chi connectivity index (χ1) is 11.0. The normalized spacial score (nSPS) is 30.9. The Morgan fingerprint density at radius 2 is 1.65 bits per heavy atom. The van der Waals surface area contributed by atoms with Gasteiger partial charge in [0, 0.05) is 5.92 Å². The number of sulfonamides is 1. The monoisotopic (exact) mass is 326 g/mol. The second-order valence-corrected chi connectivity index (χ2v) is 8.02. The quantitative estimate of drug-likeness (QED) is 0.525. The molecular weight excluding hydrogens is 308 g/mol. The fourth-order valence-electron chi connectivity index (χ4n) is 3.31. The highest BCUT2D eigenvalue weighted by Crippen LogP contribution is 2.53. The maximum atomic E-state index is 12.2. The Bertz CT molecular complexity index is 828. The van der Waals surface area contributed by atoms with Crippen LogP contribution in [0, 0.1) is 30.6 Å². The average Bonchev–Trinajstić information content (AvgIpc) is 3.25. The van der Waals surface area contributed by atoms with Crippen molar-refractivity contribution in [3.8, 4) is 0 Å². The molecule has 1 aromatic carbocycles. The second kappa shape index (κ2) is 5.20. The molecule has 4 aliphatic carbocycles. The Kier molecular flexibility index (Phi) is 3.27. The number of aryl methyl sites for hydroxylation is 1. The van der Waals surface area contributed by atoms with Crippen molar-refractivity contribution in [1.29, 1.82) is 0 Å². The average molecular weight is 326 g/mol. The van der Waals surface area contributed by atoms with Gasteiger partial charge in [0.05, 0.1) is 11.1 Å². The van der Waals surface area contributed by atoms with Crippen molar-refractivity contribution in [3.63, 3.8) is 0 Å². The summed E-state index contributed by atoms with van der Waals surface area (Å²) in [7, 11) is -3.62. The van der Waals surface area contributed by atoms with E-state index in [1.807, 2.05) is 6.92 Å². The van der Waals surface area contributed by atoms with E-state index in [-0.39, 0.29) is 10.8 Å². The van der Waals surface area contributed by atoms with Gasteiger partial charge in [-0.25, -0.2) is 4.83 Å². The summed E-state index contributed by atoms with van der Waals surface area (Å²) in [6.45, 7) is 1.92. The van der Waals surface area contributed by atoms with Gasteiger partial charge in [-0.2, -0.15) is 13.5 Å². The molecule has 0 spiro atoms. The van der Waals surface area contributed by atoms with Gasteiger partial charge < -0.3 is 0 Å². The molecule has 2 unspecified atom stereocenters. The van der Waals surface area contributed by atoms with Crippen molar-refractivity contribution >= 4 is 16.2 Å². The highest BCUT2D eigenvalue weighted by molar-refractivity contribution is 7.89. The van der Waals surface area contributed by atoms with E-state index < -0.39 is 10.0 Å². The molecule has 0 aliphatic heterocycles. The van der Waals surface area contributed by atoms with Gasteiger partial charge in [-0.05, 0) is 42.4 Å². The first kappa shape index (κ1) is 14.5. The molecule has 1 fully saturated rings. The van der Waals surface area contributed by atoms with Crippen LogP contribution in [-0.2, 0) is 10.0 Å². The summed E-state index contributed by atoms with van der Waals surface area (Å²) in [4.78, 5) is 2.52. The molecule has 0 saturated heterocycles. The molecular formula is C18H18N2O2S. The highest BCUT2D eigenvalue weighted by Gasteiger charge is 2.47. The van der Waals surface area contributed by atoms with Crippen molar-refractivity contribution < 1.29 is 8.42 Å². The number of benzene rings is 1. The number of rotatable bonds is 4. The minimum atomic E-state index is -3.62. The van der Waals surface area contributed by atoms with E-state index in [4.69, 9.17) is 0 Å². The molecule has 0 amide bonds. The zero-order valence-electron chi connectivity index (χ0n) is 12.8. The Morgan fingerprint density at radius 1 is 1.00 bits per heavy atom. The molecule has 118 valence electrons. The lowest BCUT2D eigenvalue weighted by molar-refractivity contribution is 0.584. The molecule has 2 atom stereocenters. The van der Waals surface area contributed by atoms with Gasteiger partial charge in [-0.15, -0.1) is 0 Å². The number of nitrogens with one attached hydrogen (secondary N) is 1. The zero-order chi connectivity index (χ0) is 16.0. The van der Waals surface area contributed by atoms with E-state index in [0.717, 1.165) is 11.1 Å². The molecule has 23 heavy (non-hydrogen) atoms. The van der Waals surface area contributed by atoms with Gasteiger partial charge in [0.2, 0.25) is 0 Å². The fraction of sp³-hybridized carbons (Fsp3) is 0.278. The summed E-state index contributed by atoms with van der Waals surface area (Å²) < 4.78 is 24.4. The van der Waals surface area contributed by atoms with Crippen LogP contribution in [0.25, 0.3) is 0 Å². The van der Waals surface area contributed by atoms with Gasteiger partial charge in [0.1, 0.15) is 0 Å². The largest absolute Gasteiger partial charge is 0.276 e. The first-order valence-corrected chi connectivity index (χ1v) is 9.23. The van der Waals surface area contributed by atoms with E-state index in [1.54, 1.807) is 30.5 Å². The van der Waals surface area contributed by atoms with Crippen LogP contribution in [0.3, 0.4) is 0 Å². The summed E-state index contributed by atoms with van der Waals surface area (Å²) >= 11 is 0. The fourth-order valence-corrected chi connectivity index (χ4v) is 4.10. The number of allylic oxidation sites excluding steroid dienone is 6. The van der Waals surface area contributed by atoms with Gasteiger partial charge in [0.15, 0.2) is 0 Å². The van der Waals surface area contributed by atoms with E-state index in [2.05, 4.69) is 40.3 Å². The maximum Gasteiger partial charge on any atom is 0.276 e. The molecule has 4 nitrogen and oxygen atoms in total. The van der Waals surface area contributed by atoms with Crippen molar-refractivity contribution in [2.75, 3.05) is 0 Å². The molecule has 0 radical (unpaired) electrons. The molecule has 0 heterocycles. The molecule has 0 aromatic heterocycles. The van der Waals surface area contributed by atoms with Crippen molar-refractivity contribution in [2.24, 2.45) is 28.8 Å². The summed E-state index contributed by atoms with van der Waals surface area (Å²) in [6.07, 6.45) is 12.8.